The molecule has 5 heteroatoms. The van der Waals surface area contributed by atoms with E-state index in [-0.39, 0.29) is 12.0 Å². The van der Waals surface area contributed by atoms with Gasteiger partial charge < -0.3 is 19.7 Å². The van der Waals surface area contributed by atoms with Crippen molar-refractivity contribution in [1.29, 1.82) is 0 Å². The van der Waals surface area contributed by atoms with E-state index in [1.54, 1.807) is 7.11 Å². The molecule has 0 unspecified atom stereocenters. The van der Waals surface area contributed by atoms with Crippen LogP contribution in [0.4, 0.5) is 0 Å². The van der Waals surface area contributed by atoms with Gasteiger partial charge in [0.1, 0.15) is 12.4 Å². The molecule has 0 spiro atoms. The number of rotatable bonds is 7. The van der Waals surface area contributed by atoms with E-state index in [4.69, 9.17) is 14.4 Å². The van der Waals surface area contributed by atoms with Gasteiger partial charge in [-0.25, -0.2) is 0 Å². The summed E-state index contributed by atoms with van der Waals surface area (Å²) in [6.07, 6.45) is 2.01. The molecule has 2 N–H and O–H groups in total. The lowest BCUT2D eigenvalue weighted by atomic mass is 9.57. The van der Waals surface area contributed by atoms with Crippen molar-refractivity contribution in [3.63, 3.8) is 0 Å². The lowest BCUT2D eigenvalue weighted by Crippen LogP contribution is -2.57. The predicted molar refractivity (Wildman–Crippen MR) is 91.6 cm³/mol. The van der Waals surface area contributed by atoms with Gasteiger partial charge in [-0.2, -0.15) is 0 Å². The Hall–Kier alpha value is -1.85. The molecule has 1 fully saturated rings. The second-order valence-corrected chi connectivity index (χ2v) is 7.15. The van der Waals surface area contributed by atoms with Crippen molar-refractivity contribution in [2.45, 2.75) is 45.9 Å². The Morgan fingerprint density at radius 2 is 2.17 bits per heavy atom. The summed E-state index contributed by atoms with van der Waals surface area (Å²) in [6.45, 7) is 5.32. The van der Waals surface area contributed by atoms with Crippen molar-refractivity contribution >= 4 is 0 Å². The number of aliphatic hydroxyl groups is 1. The first-order valence-corrected chi connectivity index (χ1v) is 8.45. The summed E-state index contributed by atoms with van der Waals surface area (Å²) in [5.41, 5.74) is 2.31. The van der Waals surface area contributed by atoms with Crippen LogP contribution in [0, 0.1) is 11.3 Å². The van der Waals surface area contributed by atoms with Crippen molar-refractivity contribution in [2.24, 2.45) is 11.3 Å². The van der Waals surface area contributed by atoms with E-state index in [2.05, 4.69) is 30.4 Å². The molecule has 2 aromatic rings. The van der Waals surface area contributed by atoms with Crippen LogP contribution in [0.3, 0.4) is 0 Å². The van der Waals surface area contributed by atoms with E-state index in [9.17, 15) is 0 Å². The van der Waals surface area contributed by atoms with E-state index < -0.39 is 0 Å². The zero-order valence-electron chi connectivity index (χ0n) is 14.6. The summed E-state index contributed by atoms with van der Waals surface area (Å²) in [7, 11) is 1.71. The van der Waals surface area contributed by atoms with Gasteiger partial charge >= 0.3 is 0 Å². The number of nitrogens with zero attached hydrogens (tertiary/aromatic N) is 1. The number of methoxy groups -OCH3 is 1. The summed E-state index contributed by atoms with van der Waals surface area (Å²) < 4.78 is 10.5. The number of ether oxygens (including phenoxy) is 1. The zero-order valence-corrected chi connectivity index (χ0v) is 14.6. The lowest BCUT2D eigenvalue weighted by Gasteiger charge is -2.52. The van der Waals surface area contributed by atoms with Crippen molar-refractivity contribution in [3.8, 4) is 5.75 Å². The van der Waals surface area contributed by atoms with Gasteiger partial charge in [-0.15, -0.1) is 0 Å². The number of nitrogens with one attached hydrogen (secondary N) is 1. The first-order chi connectivity index (χ1) is 11.5. The van der Waals surface area contributed by atoms with Gasteiger partial charge in [0.15, 0.2) is 5.76 Å². The van der Waals surface area contributed by atoms with Crippen molar-refractivity contribution < 1.29 is 14.4 Å². The highest BCUT2D eigenvalue weighted by Crippen LogP contribution is 2.48. The molecule has 1 aliphatic rings. The summed E-state index contributed by atoms with van der Waals surface area (Å²) in [5.74, 6) is 2.02. The molecule has 24 heavy (non-hydrogen) atoms. The summed E-state index contributed by atoms with van der Waals surface area (Å²) >= 11 is 0. The van der Waals surface area contributed by atoms with Gasteiger partial charge in [-0.3, -0.25) is 0 Å². The highest BCUT2D eigenvalue weighted by atomic mass is 16.5. The van der Waals surface area contributed by atoms with Crippen LogP contribution in [0.5, 0.6) is 5.75 Å². The Bertz CT molecular complexity index is 681. The molecule has 2 atom stereocenters. The SMILES string of the molecule is COc1ccccc1CN[C@H]1C[C@@H](Cc2cc(CO)on2)C1(C)C. The quantitative estimate of drug-likeness (QED) is 0.817. The fraction of sp³-hybridized carbons (Fsp3) is 0.526. The molecule has 0 aliphatic heterocycles. The van der Waals surface area contributed by atoms with Gasteiger partial charge in [-0.05, 0) is 30.2 Å². The predicted octanol–water partition coefficient (Wildman–Crippen LogP) is 2.92. The molecule has 1 heterocycles. The molecule has 1 aromatic heterocycles. The maximum atomic E-state index is 9.07. The molecule has 0 amide bonds. The fourth-order valence-corrected chi connectivity index (χ4v) is 3.57. The Kier molecular flexibility index (Phi) is 4.92. The normalized spacial score (nSPS) is 22.2. The fourth-order valence-electron chi connectivity index (χ4n) is 3.57. The van der Waals surface area contributed by atoms with Gasteiger partial charge in [-0.1, -0.05) is 37.2 Å². The Labute approximate surface area is 143 Å². The monoisotopic (exact) mass is 330 g/mol. The van der Waals surface area contributed by atoms with E-state index in [1.807, 2.05) is 24.3 Å². The van der Waals surface area contributed by atoms with Gasteiger partial charge in [0.05, 0.1) is 12.8 Å². The van der Waals surface area contributed by atoms with E-state index >= 15 is 0 Å². The summed E-state index contributed by atoms with van der Waals surface area (Å²) in [5, 5.41) is 16.8. The molecule has 5 nitrogen and oxygen atoms in total. The van der Waals surface area contributed by atoms with Crippen LogP contribution in [0.2, 0.25) is 0 Å². The van der Waals surface area contributed by atoms with Crippen LogP contribution in [-0.4, -0.2) is 23.4 Å². The average molecular weight is 330 g/mol. The first kappa shape index (κ1) is 17.0. The smallest absolute Gasteiger partial charge is 0.162 e. The van der Waals surface area contributed by atoms with Gasteiger partial charge in [0, 0.05) is 24.2 Å². The van der Waals surface area contributed by atoms with Crippen molar-refractivity contribution in [3.05, 3.63) is 47.3 Å². The number of aromatic nitrogens is 1. The van der Waals surface area contributed by atoms with Gasteiger partial charge in [0.2, 0.25) is 0 Å². The summed E-state index contributed by atoms with van der Waals surface area (Å²) in [4.78, 5) is 0. The Morgan fingerprint density at radius 3 is 2.83 bits per heavy atom. The third kappa shape index (κ3) is 3.32. The standard InChI is InChI=1S/C19H26N2O3/c1-19(2)14(8-15-10-16(12-22)24-21-15)9-18(19)20-11-13-6-4-5-7-17(13)23-3/h4-7,10,14,18,20,22H,8-9,11-12H2,1-3H3/t14-,18+/m1/s1. The number of hydrogen-bond donors (Lipinski definition) is 2. The minimum atomic E-state index is -0.0931. The van der Waals surface area contributed by atoms with E-state index in [0.717, 1.165) is 30.8 Å². The number of hydrogen-bond acceptors (Lipinski definition) is 5. The molecule has 0 radical (unpaired) electrons. The minimum Gasteiger partial charge on any atom is -0.496 e. The minimum absolute atomic E-state index is 0.0931. The zero-order chi connectivity index (χ0) is 17.2. The molecule has 1 saturated carbocycles. The molecular weight excluding hydrogens is 304 g/mol. The topological polar surface area (TPSA) is 67.5 Å². The maximum Gasteiger partial charge on any atom is 0.162 e. The van der Waals surface area contributed by atoms with E-state index in [1.165, 1.54) is 5.56 Å². The third-order valence-electron chi connectivity index (χ3n) is 5.42. The van der Waals surface area contributed by atoms with Crippen LogP contribution in [0.15, 0.2) is 34.9 Å². The largest absolute Gasteiger partial charge is 0.496 e. The molecule has 0 saturated heterocycles. The van der Waals surface area contributed by atoms with Crippen LogP contribution >= 0.6 is 0 Å². The molecule has 130 valence electrons. The first-order valence-electron chi connectivity index (χ1n) is 8.45. The number of benzene rings is 1. The highest BCUT2D eigenvalue weighted by molar-refractivity contribution is 5.33. The number of para-hydroxylation sites is 1. The van der Waals surface area contributed by atoms with Crippen molar-refractivity contribution in [2.75, 3.05) is 7.11 Å². The summed E-state index contributed by atoms with van der Waals surface area (Å²) in [6, 6.07) is 10.4. The number of aliphatic hydroxyl groups excluding tert-OH is 1. The van der Waals surface area contributed by atoms with Crippen LogP contribution in [-0.2, 0) is 19.6 Å². The molecule has 1 aliphatic carbocycles. The van der Waals surface area contributed by atoms with Crippen LogP contribution < -0.4 is 10.1 Å². The van der Waals surface area contributed by atoms with Crippen LogP contribution in [0.1, 0.15) is 37.3 Å². The van der Waals surface area contributed by atoms with Crippen molar-refractivity contribution in [1.82, 2.24) is 10.5 Å². The third-order valence-corrected chi connectivity index (χ3v) is 5.42. The van der Waals surface area contributed by atoms with Crippen LogP contribution in [0.25, 0.3) is 0 Å². The lowest BCUT2D eigenvalue weighted by molar-refractivity contribution is 0.0124. The molecule has 0 bridgehead atoms. The molecular formula is C19H26N2O3. The van der Waals surface area contributed by atoms with E-state index in [0.29, 0.717) is 17.7 Å². The second kappa shape index (κ2) is 6.95. The van der Waals surface area contributed by atoms with Gasteiger partial charge in [0.25, 0.3) is 0 Å². The highest BCUT2D eigenvalue weighted by Gasteiger charge is 2.47. The molecule has 1 aromatic carbocycles. The maximum absolute atomic E-state index is 9.07. The Balaban J connectivity index is 1.55. The molecule has 3 rings (SSSR count). The average Bonchev–Trinajstić information content (AvgIpc) is 3.05. The Morgan fingerprint density at radius 1 is 1.38 bits per heavy atom. The second-order valence-electron chi connectivity index (χ2n) is 7.15.